The number of nitrogens with one attached hydrogen (secondary N) is 1. The van der Waals surface area contributed by atoms with E-state index in [1.165, 1.54) is 12.1 Å². The topological polar surface area (TPSA) is 29.9 Å². The van der Waals surface area contributed by atoms with E-state index in [4.69, 9.17) is 0 Å². The molecule has 2 rings (SSSR count). The standard InChI is InChI=1S/C16H22FN3/c1-3-4-5-16(13-6-8-14(17)9-7-13)18-12-15-10-11-19-20(15)2/h6-11,16,18H,3-5,12H2,1-2H3. The quantitative estimate of drug-likeness (QED) is 0.837. The van der Waals surface area contributed by atoms with Gasteiger partial charge in [-0.05, 0) is 30.2 Å². The average molecular weight is 275 g/mol. The number of aromatic nitrogens is 2. The van der Waals surface area contributed by atoms with E-state index in [0.29, 0.717) is 0 Å². The van der Waals surface area contributed by atoms with Crippen molar-refractivity contribution < 1.29 is 4.39 Å². The minimum atomic E-state index is -0.186. The molecule has 1 aromatic heterocycles. The van der Waals surface area contributed by atoms with Crippen LogP contribution in [-0.4, -0.2) is 9.78 Å². The highest BCUT2D eigenvalue weighted by Gasteiger charge is 2.11. The fourth-order valence-electron chi connectivity index (χ4n) is 2.29. The zero-order valence-corrected chi connectivity index (χ0v) is 12.1. The van der Waals surface area contributed by atoms with Crippen LogP contribution in [0, 0.1) is 5.82 Å². The predicted molar refractivity (Wildman–Crippen MR) is 78.7 cm³/mol. The van der Waals surface area contributed by atoms with Crippen LogP contribution in [0.5, 0.6) is 0 Å². The van der Waals surface area contributed by atoms with Gasteiger partial charge in [-0.1, -0.05) is 31.9 Å². The summed E-state index contributed by atoms with van der Waals surface area (Å²) in [5.41, 5.74) is 2.29. The summed E-state index contributed by atoms with van der Waals surface area (Å²) in [6, 6.07) is 9.05. The average Bonchev–Trinajstić information content (AvgIpc) is 2.86. The fraction of sp³-hybridized carbons (Fsp3) is 0.438. The summed E-state index contributed by atoms with van der Waals surface area (Å²) in [4.78, 5) is 0. The molecule has 0 bridgehead atoms. The molecule has 108 valence electrons. The van der Waals surface area contributed by atoms with Gasteiger partial charge in [0.15, 0.2) is 0 Å². The second kappa shape index (κ2) is 7.20. The van der Waals surface area contributed by atoms with Gasteiger partial charge >= 0.3 is 0 Å². The van der Waals surface area contributed by atoms with Gasteiger partial charge in [0.05, 0.1) is 5.69 Å². The van der Waals surface area contributed by atoms with Crippen LogP contribution in [0.15, 0.2) is 36.5 Å². The lowest BCUT2D eigenvalue weighted by Gasteiger charge is -2.19. The predicted octanol–water partition coefficient (Wildman–Crippen LogP) is 3.58. The largest absolute Gasteiger partial charge is 0.304 e. The van der Waals surface area contributed by atoms with Crippen LogP contribution in [0.3, 0.4) is 0 Å². The molecule has 0 radical (unpaired) electrons. The van der Waals surface area contributed by atoms with E-state index >= 15 is 0 Å². The van der Waals surface area contributed by atoms with Crippen molar-refractivity contribution in [3.63, 3.8) is 0 Å². The second-order valence-electron chi connectivity index (χ2n) is 5.07. The highest BCUT2D eigenvalue weighted by Crippen LogP contribution is 2.20. The Balaban J connectivity index is 2.03. The lowest BCUT2D eigenvalue weighted by atomic mass is 10.0. The summed E-state index contributed by atoms with van der Waals surface area (Å²) in [7, 11) is 1.94. The fourth-order valence-corrected chi connectivity index (χ4v) is 2.29. The Morgan fingerprint density at radius 3 is 2.60 bits per heavy atom. The molecule has 0 spiro atoms. The van der Waals surface area contributed by atoms with Gasteiger partial charge < -0.3 is 5.32 Å². The number of halogens is 1. The molecule has 0 fully saturated rings. The van der Waals surface area contributed by atoms with Crippen LogP contribution in [-0.2, 0) is 13.6 Å². The zero-order valence-electron chi connectivity index (χ0n) is 12.1. The maximum absolute atomic E-state index is 13.0. The Morgan fingerprint density at radius 1 is 1.25 bits per heavy atom. The summed E-state index contributed by atoms with van der Waals surface area (Å²) < 4.78 is 14.9. The third-order valence-electron chi connectivity index (χ3n) is 3.57. The van der Waals surface area contributed by atoms with E-state index in [1.807, 2.05) is 29.9 Å². The lowest BCUT2D eigenvalue weighted by Crippen LogP contribution is -2.22. The molecule has 3 nitrogen and oxygen atoms in total. The van der Waals surface area contributed by atoms with Gasteiger partial charge in [0.25, 0.3) is 0 Å². The normalized spacial score (nSPS) is 12.6. The molecule has 1 aromatic carbocycles. The number of rotatable bonds is 7. The molecule has 4 heteroatoms. The zero-order chi connectivity index (χ0) is 14.4. The Labute approximate surface area is 119 Å². The molecule has 0 saturated heterocycles. The molecule has 0 amide bonds. The van der Waals surface area contributed by atoms with Crippen LogP contribution >= 0.6 is 0 Å². The highest BCUT2D eigenvalue weighted by atomic mass is 19.1. The molecule has 20 heavy (non-hydrogen) atoms. The van der Waals surface area contributed by atoms with Crippen molar-refractivity contribution in [1.29, 1.82) is 0 Å². The summed E-state index contributed by atoms with van der Waals surface area (Å²) in [6.45, 7) is 2.95. The number of unbranched alkanes of at least 4 members (excludes halogenated alkanes) is 1. The number of aryl methyl sites for hydroxylation is 1. The summed E-state index contributed by atoms with van der Waals surface area (Å²) in [5, 5.41) is 7.72. The van der Waals surface area contributed by atoms with Gasteiger partial charge in [0, 0.05) is 25.8 Å². The van der Waals surface area contributed by atoms with Crippen molar-refractivity contribution >= 4 is 0 Å². The SMILES string of the molecule is CCCCC(NCc1ccnn1C)c1ccc(F)cc1. The van der Waals surface area contributed by atoms with Crippen molar-refractivity contribution in [3.05, 3.63) is 53.6 Å². The third-order valence-corrected chi connectivity index (χ3v) is 3.57. The van der Waals surface area contributed by atoms with Gasteiger partial charge in [-0.3, -0.25) is 4.68 Å². The minimum absolute atomic E-state index is 0.186. The summed E-state index contributed by atoms with van der Waals surface area (Å²) in [5.74, 6) is -0.186. The Kier molecular flexibility index (Phi) is 5.30. The second-order valence-corrected chi connectivity index (χ2v) is 5.07. The van der Waals surface area contributed by atoms with E-state index < -0.39 is 0 Å². The molecule has 1 heterocycles. The van der Waals surface area contributed by atoms with Crippen LogP contribution in [0.1, 0.15) is 43.5 Å². The van der Waals surface area contributed by atoms with Crippen molar-refractivity contribution in [1.82, 2.24) is 15.1 Å². The lowest BCUT2D eigenvalue weighted by molar-refractivity contribution is 0.469. The molecule has 0 aliphatic rings. The van der Waals surface area contributed by atoms with Crippen LogP contribution in [0.25, 0.3) is 0 Å². The third kappa shape index (κ3) is 3.90. The summed E-state index contributed by atoms with van der Waals surface area (Å²) >= 11 is 0. The van der Waals surface area contributed by atoms with Crippen LogP contribution in [0.4, 0.5) is 4.39 Å². The molecule has 0 aliphatic carbocycles. The molecule has 1 unspecified atom stereocenters. The molecule has 1 atom stereocenters. The molecule has 0 saturated carbocycles. The van der Waals surface area contributed by atoms with E-state index in [-0.39, 0.29) is 11.9 Å². The van der Waals surface area contributed by atoms with E-state index in [9.17, 15) is 4.39 Å². The van der Waals surface area contributed by atoms with Gasteiger partial charge in [0.1, 0.15) is 5.82 Å². The van der Waals surface area contributed by atoms with Crippen molar-refractivity contribution in [2.75, 3.05) is 0 Å². The molecular weight excluding hydrogens is 253 g/mol. The number of nitrogens with zero attached hydrogens (tertiary/aromatic N) is 2. The van der Waals surface area contributed by atoms with E-state index in [1.54, 1.807) is 6.20 Å². The monoisotopic (exact) mass is 275 g/mol. The van der Waals surface area contributed by atoms with Gasteiger partial charge in [0.2, 0.25) is 0 Å². The molecular formula is C16H22FN3. The van der Waals surface area contributed by atoms with Crippen molar-refractivity contribution in [2.24, 2.45) is 7.05 Å². The number of benzene rings is 1. The smallest absolute Gasteiger partial charge is 0.123 e. The van der Waals surface area contributed by atoms with Gasteiger partial charge in [-0.2, -0.15) is 5.10 Å². The highest BCUT2D eigenvalue weighted by molar-refractivity contribution is 5.20. The van der Waals surface area contributed by atoms with Crippen molar-refractivity contribution in [2.45, 2.75) is 38.8 Å². The Hall–Kier alpha value is -1.68. The minimum Gasteiger partial charge on any atom is -0.304 e. The Bertz CT molecular complexity index is 519. The molecule has 1 N–H and O–H groups in total. The first kappa shape index (κ1) is 14.7. The number of hydrogen-bond acceptors (Lipinski definition) is 2. The van der Waals surface area contributed by atoms with Crippen LogP contribution in [0.2, 0.25) is 0 Å². The Morgan fingerprint density at radius 2 is 2.00 bits per heavy atom. The maximum atomic E-state index is 13.0. The summed E-state index contributed by atoms with van der Waals surface area (Å²) in [6.07, 6.45) is 5.17. The van der Waals surface area contributed by atoms with E-state index in [0.717, 1.165) is 37.1 Å². The first-order valence-corrected chi connectivity index (χ1v) is 7.16. The number of hydrogen-bond donors (Lipinski definition) is 1. The molecule has 0 aliphatic heterocycles. The molecule has 2 aromatic rings. The van der Waals surface area contributed by atoms with Crippen LogP contribution < -0.4 is 5.32 Å². The van der Waals surface area contributed by atoms with Gasteiger partial charge in [-0.15, -0.1) is 0 Å². The van der Waals surface area contributed by atoms with Gasteiger partial charge in [-0.25, -0.2) is 4.39 Å². The maximum Gasteiger partial charge on any atom is 0.123 e. The first-order chi connectivity index (χ1) is 9.70. The van der Waals surface area contributed by atoms with E-state index in [2.05, 4.69) is 17.3 Å². The first-order valence-electron chi connectivity index (χ1n) is 7.16. The van der Waals surface area contributed by atoms with Crippen molar-refractivity contribution in [3.8, 4) is 0 Å².